The first kappa shape index (κ1) is 20.3. The molecule has 0 spiro atoms. The van der Waals surface area contributed by atoms with Gasteiger partial charge in [0.2, 0.25) is 0 Å². The van der Waals surface area contributed by atoms with Gasteiger partial charge in [0.15, 0.2) is 5.82 Å². The van der Waals surface area contributed by atoms with Gasteiger partial charge in [-0.1, -0.05) is 35.0 Å². The summed E-state index contributed by atoms with van der Waals surface area (Å²) in [5.41, 5.74) is 1.47. The molecule has 30 heavy (non-hydrogen) atoms. The van der Waals surface area contributed by atoms with E-state index in [4.69, 9.17) is 20.9 Å². The number of benzene rings is 1. The van der Waals surface area contributed by atoms with Crippen LogP contribution in [0.15, 0.2) is 41.2 Å². The van der Waals surface area contributed by atoms with Crippen LogP contribution in [0, 0.1) is 12.7 Å². The zero-order valence-electron chi connectivity index (χ0n) is 16.3. The molecule has 0 bridgehead atoms. The van der Waals surface area contributed by atoms with Gasteiger partial charge in [-0.15, -0.1) is 0 Å². The Morgan fingerprint density at radius 1 is 1.20 bits per heavy atom. The average Bonchev–Trinajstić information content (AvgIpc) is 3.13. The molecule has 0 radical (unpaired) electrons. The highest BCUT2D eigenvalue weighted by atomic mass is 35.5. The first-order valence-corrected chi connectivity index (χ1v) is 10.1. The van der Waals surface area contributed by atoms with Crippen molar-refractivity contribution in [3.05, 3.63) is 58.8 Å². The fourth-order valence-electron chi connectivity index (χ4n) is 3.57. The molecule has 9 heteroatoms. The summed E-state index contributed by atoms with van der Waals surface area (Å²) in [5, 5.41) is 7.61. The van der Waals surface area contributed by atoms with Crippen molar-refractivity contribution >= 4 is 17.5 Å². The molecule has 156 valence electrons. The minimum Gasteiger partial charge on any atom is -0.460 e. The maximum Gasteiger partial charge on any atom is 0.316 e. The smallest absolute Gasteiger partial charge is 0.316 e. The van der Waals surface area contributed by atoms with E-state index in [-0.39, 0.29) is 24.1 Å². The lowest BCUT2D eigenvalue weighted by molar-refractivity contribution is 0.0884. The number of halogens is 2. The van der Waals surface area contributed by atoms with Gasteiger partial charge in [0.25, 0.3) is 5.91 Å². The first-order valence-electron chi connectivity index (χ1n) is 9.67. The predicted octanol–water partition coefficient (Wildman–Crippen LogP) is 4.35. The van der Waals surface area contributed by atoms with Crippen molar-refractivity contribution in [2.45, 2.75) is 44.8 Å². The standard InChI is InChI=1S/C21H20ClFN4O3/c1-12-18(19(27-30-12)16-4-2-3-5-17(16)22)20(28)26-14-6-8-15(9-7-14)29-21-24-10-13(23)11-25-21/h2-5,10-11,14-15H,6-9H2,1H3,(H,26,28). The fourth-order valence-corrected chi connectivity index (χ4v) is 3.79. The first-order chi connectivity index (χ1) is 14.5. The van der Waals surface area contributed by atoms with Crippen molar-refractivity contribution in [1.29, 1.82) is 0 Å². The molecular formula is C21H20ClFN4O3. The van der Waals surface area contributed by atoms with Gasteiger partial charge in [0, 0.05) is 11.6 Å². The second-order valence-corrected chi connectivity index (χ2v) is 7.60. The summed E-state index contributed by atoms with van der Waals surface area (Å²) >= 11 is 6.27. The molecule has 1 aliphatic rings. The van der Waals surface area contributed by atoms with Crippen molar-refractivity contribution in [1.82, 2.24) is 20.4 Å². The van der Waals surface area contributed by atoms with Crippen molar-refractivity contribution in [3.63, 3.8) is 0 Å². The molecule has 7 nitrogen and oxygen atoms in total. The minimum atomic E-state index is -0.506. The van der Waals surface area contributed by atoms with Gasteiger partial charge in [-0.2, -0.15) is 0 Å². The van der Waals surface area contributed by atoms with Crippen LogP contribution in [-0.4, -0.2) is 33.2 Å². The lowest BCUT2D eigenvalue weighted by Crippen LogP contribution is -2.40. The Balaban J connectivity index is 1.38. The highest BCUT2D eigenvalue weighted by molar-refractivity contribution is 6.33. The summed E-state index contributed by atoms with van der Waals surface area (Å²) in [4.78, 5) is 20.6. The quantitative estimate of drug-likeness (QED) is 0.647. The van der Waals surface area contributed by atoms with E-state index in [1.54, 1.807) is 19.1 Å². The number of carbonyl (C=O) groups excluding carboxylic acids is 1. The number of rotatable bonds is 5. The Morgan fingerprint density at radius 3 is 2.60 bits per heavy atom. The number of amides is 1. The van der Waals surface area contributed by atoms with Crippen molar-refractivity contribution in [3.8, 4) is 17.3 Å². The third-order valence-electron chi connectivity index (χ3n) is 5.10. The van der Waals surface area contributed by atoms with Crippen LogP contribution in [-0.2, 0) is 0 Å². The van der Waals surface area contributed by atoms with Crippen LogP contribution >= 0.6 is 11.6 Å². The van der Waals surface area contributed by atoms with Gasteiger partial charge in [-0.25, -0.2) is 14.4 Å². The largest absolute Gasteiger partial charge is 0.460 e. The Bertz CT molecular complexity index is 1030. The Kier molecular flexibility index (Phi) is 5.94. The van der Waals surface area contributed by atoms with Gasteiger partial charge >= 0.3 is 6.01 Å². The van der Waals surface area contributed by atoms with Crippen molar-refractivity contribution < 1.29 is 18.4 Å². The molecule has 0 atom stereocenters. The van der Waals surface area contributed by atoms with E-state index in [1.807, 2.05) is 12.1 Å². The number of carbonyl (C=O) groups is 1. The van der Waals surface area contributed by atoms with E-state index in [0.717, 1.165) is 38.1 Å². The highest BCUT2D eigenvalue weighted by Gasteiger charge is 2.28. The molecule has 2 aromatic heterocycles. The van der Waals surface area contributed by atoms with Gasteiger partial charge < -0.3 is 14.6 Å². The summed E-state index contributed by atoms with van der Waals surface area (Å²) in [7, 11) is 0. The Morgan fingerprint density at radius 2 is 1.90 bits per heavy atom. The molecule has 1 N–H and O–H groups in total. The summed E-state index contributed by atoms with van der Waals surface area (Å²) < 4.78 is 23.9. The average molecular weight is 431 g/mol. The number of aryl methyl sites for hydroxylation is 1. The van der Waals surface area contributed by atoms with E-state index in [2.05, 4.69) is 20.4 Å². The SMILES string of the molecule is Cc1onc(-c2ccccc2Cl)c1C(=O)NC1CCC(Oc2ncc(F)cn2)CC1. The van der Waals surface area contributed by atoms with E-state index in [1.165, 1.54) is 0 Å². The zero-order valence-corrected chi connectivity index (χ0v) is 17.0. The number of hydrogen-bond donors (Lipinski definition) is 1. The topological polar surface area (TPSA) is 90.1 Å². The van der Waals surface area contributed by atoms with E-state index < -0.39 is 5.82 Å². The maximum absolute atomic E-state index is 13.0. The normalized spacial score (nSPS) is 18.8. The molecule has 0 saturated heterocycles. The van der Waals surface area contributed by atoms with Crippen LogP contribution in [0.5, 0.6) is 6.01 Å². The minimum absolute atomic E-state index is 0.000110. The molecule has 1 aliphatic carbocycles. The summed E-state index contributed by atoms with van der Waals surface area (Å²) in [5.74, 6) is -0.309. The second kappa shape index (κ2) is 8.79. The zero-order chi connectivity index (χ0) is 21.1. The lowest BCUT2D eigenvalue weighted by atomic mass is 9.92. The van der Waals surface area contributed by atoms with Crippen molar-refractivity contribution in [2.75, 3.05) is 0 Å². The van der Waals surface area contributed by atoms with Crippen molar-refractivity contribution in [2.24, 2.45) is 0 Å². The van der Waals surface area contributed by atoms with E-state index in [9.17, 15) is 9.18 Å². The molecule has 1 saturated carbocycles. The second-order valence-electron chi connectivity index (χ2n) is 7.19. The van der Waals surface area contributed by atoms with Crippen LogP contribution < -0.4 is 10.1 Å². The number of nitrogens with zero attached hydrogens (tertiary/aromatic N) is 3. The van der Waals surface area contributed by atoms with Gasteiger partial charge in [-0.05, 0) is 38.7 Å². The van der Waals surface area contributed by atoms with Gasteiger partial charge in [-0.3, -0.25) is 4.79 Å². The molecule has 0 unspecified atom stereocenters. The molecule has 3 aromatic rings. The summed E-state index contributed by atoms with van der Waals surface area (Å²) in [6, 6.07) is 7.36. The molecule has 1 fully saturated rings. The van der Waals surface area contributed by atoms with Gasteiger partial charge in [0.05, 0.1) is 17.4 Å². The Labute approximate surface area is 177 Å². The molecular weight excluding hydrogens is 411 g/mol. The maximum atomic E-state index is 13.0. The van der Waals surface area contributed by atoms with Crippen LogP contribution in [0.4, 0.5) is 4.39 Å². The molecule has 2 heterocycles. The molecule has 4 rings (SSSR count). The highest BCUT2D eigenvalue weighted by Crippen LogP contribution is 2.31. The summed E-state index contributed by atoms with van der Waals surface area (Å²) in [6.45, 7) is 1.70. The molecule has 1 aromatic carbocycles. The Hall–Kier alpha value is -3.00. The summed E-state index contributed by atoms with van der Waals surface area (Å²) in [6.07, 6.45) is 5.02. The predicted molar refractivity (Wildman–Crippen MR) is 108 cm³/mol. The monoisotopic (exact) mass is 430 g/mol. The van der Waals surface area contributed by atoms with Gasteiger partial charge in [0.1, 0.15) is 23.1 Å². The third kappa shape index (κ3) is 4.43. The molecule has 0 aliphatic heterocycles. The third-order valence-corrected chi connectivity index (χ3v) is 5.43. The lowest BCUT2D eigenvalue weighted by Gasteiger charge is -2.28. The van der Waals surface area contributed by atoms with Crippen LogP contribution in [0.2, 0.25) is 5.02 Å². The van der Waals surface area contributed by atoms with Crippen LogP contribution in [0.25, 0.3) is 11.3 Å². The number of hydrogen-bond acceptors (Lipinski definition) is 6. The number of ether oxygens (including phenoxy) is 1. The number of aromatic nitrogens is 3. The van der Waals surface area contributed by atoms with Crippen LogP contribution in [0.3, 0.4) is 0 Å². The number of nitrogens with one attached hydrogen (secondary N) is 1. The van der Waals surface area contributed by atoms with E-state index in [0.29, 0.717) is 27.6 Å². The molecule has 1 amide bonds. The van der Waals surface area contributed by atoms with E-state index >= 15 is 0 Å². The fraction of sp³-hybridized carbons (Fsp3) is 0.333. The van der Waals surface area contributed by atoms with Crippen LogP contribution in [0.1, 0.15) is 41.8 Å².